The molecule has 0 bridgehead atoms. The smallest absolute Gasteiger partial charge is 0.306 e. The number of esters is 1. The van der Waals surface area contributed by atoms with Crippen molar-refractivity contribution in [2.24, 2.45) is 0 Å². The number of amides is 1. The predicted molar refractivity (Wildman–Crippen MR) is 264 cm³/mol. The predicted octanol–water partition coefficient (Wildman–Crippen LogP) is 10.9. The number of carbonyl (C=O) groups excluding carboxylic acids is 2. The fourth-order valence-electron chi connectivity index (χ4n) is 7.92. The molecule has 0 aromatic carbocycles. The number of ether oxygens (including phenoxy) is 3. The molecular formula is C54H97NO10. The lowest BCUT2D eigenvalue weighted by molar-refractivity contribution is -0.305. The number of hydrogen-bond acceptors (Lipinski definition) is 10. The molecule has 1 rings (SSSR count). The van der Waals surface area contributed by atoms with E-state index in [0.29, 0.717) is 12.8 Å². The van der Waals surface area contributed by atoms with E-state index in [9.17, 15) is 35.1 Å². The molecule has 8 unspecified atom stereocenters. The van der Waals surface area contributed by atoms with Crippen LogP contribution >= 0.6 is 0 Å². The molecule has 0 saturated carbocycles. The zero-order chi connectivity index (χ0) is 47.6. The van der Waals surface area contributed by atoms with Crippen LogP contribution in [0.25, 0.3) is 0 Å². The summed E-state index contributed by atoms with van der Waals surface area (Å²) in [4.78, 5) is 26.3. The van der Waals surface area contributed by atoms with Crippen LogP contribution in [0.4, 0.5) is 0 Å². The Hall–Kier alpha value is -2.38. The third-order valence-electron chi connectivity index (χ3n) is 12.2. The van der Waals surface area contributed by atoms with Gasteiger partial charge in [0.2, 0.25) is 5.91 Å². The summed E-state index contributed by atoms with van der Waals surface area (Å²) in [6, 6.07) is -1.05. The van der Waals surface area contributed by atoms with Gasteiger partial charge in [-0.15, -0.1) is 0 Å². The first-order valence-corrected chi connectivity index (χ1v) is 26.4. The van der Waals surface area contributed by atoms with Gasteiger partial charge in [-0.3, -0.25) is 9.59 Å². The van der Waals surface area contributed by atoms with Gasteiger partial charge < -0.3 is 45.1 Å². The lowest BCUT2D eigenvalue weighted by atomic mass is 9.99. The van der Waals surface area contributed by atoms with Gasteiger partial charge >= 0.3 is 5.97 Å². The Morgan fingerprint density at radius 2 is 1.06 bits per heavy atom. The van der Waals surface area contributed by atoms with E-state index in [1.54, 1.807) is 12.2 Å². The van der Waals surface area contributed by atoms with Gasteiger partial charge in [-0.1, -0.05) is 191 Å². The fourth-order valence-corrected chi connectivity index (χ4v) is 7.92. The van der Waals surface area contributed by atoms with Gasteiger partial charge in [-0.25, -0.2) is 0 Å². The summed E-state index contributed by atoms with van der Waals surface area (Å²) in [7, 11) is 0. The maximum absolute atomic E-state index is 13.3. The average molecular weight is 920 g/mol. The Balaban J connectivity index is 2.83. The Bertz CT molecular complexity index is 1240. The Labute approximate surface area is 396 Å². The van der Waals surface area contributed by atoms with Gasteiger partial charge in [0.05, 0.1) is 25.4 Å². The quantitative estimate of drug-likeness (QED) is 0.0196. The summed E-state index contributed by atoms with van der Waals surface area (Å²) in [5.74, 6) is -1.29. The van der Waals surface area contributed by atoms with Gasteiger partial charge in [-0.2, -0.15) is 0 Å². The topological polar surface area (TPSA) is 175 Å². The highest BCUT2D eigenvalue weighted by Gasteiger charge is 2.47. The van der Waals surface area contributed by atoms with E-state index in [-0.39, 0.29) is 19.4 Å². The second-order valence-electron chi connectivity index (χ2n) is 18.3. The van der Waals surface area contributed by atoms with Gasteiger partial charge in [0.25, 0.3) is 0 Å². The first-order valence-electron chi connectivity index (χ1n) is 26.4. The minimum atomic E-state index is -1.63. The van der Waals surface area contributed by atoms with Crippen LogP contribution in [0.1, 0.15) is 220 Å². The van der Waals surface area contributed by atoms with Crippen molar-refractivity contribution in [2.75, 3.05) is 13.2 Å². The third-order valence-corrected chi connectivity index (χ3v) is 12.2. The van der Waals surface area contributed by atoms with Crippen molar-refractivity contribution in [1.29, 1.82) is 0 Å². The van der Waals surface area contributed by atoms with Crippen LogP contribution in [0.5, 0.6) is 0 Å². The minimum absolute atomic E-state index is 0.0806. The molecule has 0 radical (unpaired) electrons. The molecule has 1 saturated heterocycles. The van der Waals surface area contributed by atoms with Gasteiger partial charge in [-0.05, 0) is 64.2 Å². The molecule has 0 aromatic rings. The maximum Gasteiger partial charge on any atom is 0.306 e. The fraction of sp³-hybridized carbons (Fsp3) is 0.815. The Morgan fingerprint density at radius 1 is 0.600 bits per heavy atom. The van der Waals surface area contributed by atoms with E-state index in [4.69, 9.17) is 14.2 Å². The monoisotopic (exact) mass is 920 g/mol. The molecular weight excluding hydrogens is 823 g/mol. The second-order valence-corrected chi connectivity index (χ2v) is 18.3. The van der Waals surface area contributed by atoms with Crippen molar-refractivity contribution in [2.45, 2.75) is 269 Å². The van der Waals surface area contributed by atoms with Gasteiger partial charge in [0, 0.05) is 12.8 Å². The van der Waals surface area contributed by atoms with Crippen molar-refractivity contribution in [3.63, 3.8) is 0 Å². The lowest BCUT2D eigenvalue weighted by Crippen LogP contribution is -2.61. The van der Waals surface area contributed by atoms with E-state index in [1.807, 2.05) is 12.2 Å². The Morgan fingerprint density at radius 3 is 1.58 bits per heavy atom. The molecule has 11 heteroatoms. The highest BCUT2D eigenvalue weighted by atomic mass is 16.7. The van der Waals surface area contributed by atoms with E-state index >= 15 is 0 Å². The van der Waals surface area contributed by atoms with Crippen LogP contribution in [-0.2, 0) is 23.8 Å². The van der Waals surface area contributed by atoms with Crippen LogP contribution in [0.15, 0.2) is 48.6 Å². The van der Waals surface area contributed by atoms with Gasteiger partial charge in [0.1, 0.15) is 24.4 Å². The molecule has 8 atom stereocenters. The van der Waals surface area contributed by atoms with E-state index < -0.39 is 67.4 Å². The number of unbranched alkanes of at least 4 members (excludes halogenated alkanes) is 24. The SMILES string of the molecule is CCCCCCCC/C=C\C/C=C/CC(O)C(=O)NC(COC1OC(CO)C(O)C(O)C1OC(=O)CCCCC/C=C\CCCCCCCC)C(O)/C=C/CCCCCCCCCCC. The summed E-state index contributed by atoms with van der Waals surface area (Å²) in [6.07, 6.45) is 39.0. The number of rotatable bonds is 43. The number of carbonyl (C=O) groups is 2. The molecule has 1 fully saturated rings. The molecule has 0 spiro atoms. The summed E-state index contributed by atoms with van der Waals surface area (Å²) < 4.78 is 17.5. The number of aliphatic hydroxyl groups excluding tert-OH is 5. The Kier molecular flexibility index (Phi) is 40.1. The number of nitrogens with one attached hydrogen (secondary N) is 1. The first-order chi connectivity index (χ1) is 31.7. The maximum atomic E-state index is 13.3. The van der Waals surface area contributed by atoms with Crippen molar-refractivity contribution in [3.8, 4) is 0 Å². The molecule has 378 valence electrons. The molecule has 6 N–H and O–H groups in total. The van der Waals surface area contributed by atoms with Crippen molar-refractivity contribution in [3.05, 3.63) is 48.6 Å². The van der Waals surface area contributed by atoms with Crippen molar-refractivity contribution >= 4 is 11.9 Å². The van der Waals surface area contributed by atoms with Gasteiger partial charge in [0.15, 0.2) is 12.4 Å². The molecule has 1 heterocycles. The zero-order valence-electron chi connectivity index (χ0n) is 41.3. The minimum Gasteiger partial charge on any atom is -0.454 e. The van der Waals surface area contributed by atoms with E-state index in [0.717, 1.165) is 57.8 Å². The highest BCUT2D eigenvalue weighted by Crippen LogP contribution is 2.26. The molecule has 0 aromatic heterocycles. The largest absolute Gasteiger partial charge is 0.454 e. The number of hydrogen-bond donors (Lipinski definition) is 6. The van der Waals surface area contributed by atoms with Crippen LogP contribution < -0.4 is 5.32 Å². The normalized spacial score (nSPS) is 20.6. The van der Waals surface area contributed by atoms with Crippen LogP contribution in [0, 0.1) is 0 Å². The van der Waals surface area contributed by atoms with Crippen LogP contribution in [-0.4, -0.2) is 99.6 Å². The standard InChI is InChI=1S/C54H97NO10/c1-4-7-10-13-16-19-22-24-27-30-33-36-39-42-49(59)65-52-51(61)50(60)48(43-56)64-54(52)63-44-45(46(57)40-37-34-31-28-25-21-18-15-12-9-6-3)55-53(62)47(58)41-38-35-32-29-26-23-20-17-14-11-8-5-2/h24,26-27,29,35,37-38,40,45-48,50-52,54,56-58,60-61H,4-23,25,28,30-34,36,39,41-44H2,1-3H3,(H,55,62)/b27-24-,29-26-,38-35+,40-37+. The lowest BCUT2D eigenvalue weighted by Gasteiger charge is -2.41. The molecule has 1 aliphatic heterocycles. The highest BCUT2D eigenvalue weighted by molar-refractivity contribution is 5.81. The van der Waals surface area contributed by atoms with Crippen LogP contribution in [0.2, 0.25) is 0 Å². The molecule has 0 aliphatic carbocycles. The first kappa shape index (κ1) is 60.6. The summed E-state index contributed by atoms with van der Waals surface area (Å²) in [5.41, 5.74) is 0. The molecule has 65 heavy (non-hydrogen) atoms. The third kappa shape index (κ3) is 32.1. The van der Waals surface area contributed by atoms with Crippen molar-refractivity contribution < 1.29 is 49.3 Å². The molecule has 11 nitrogen and oxygen atoms in total. The number of aliphatic hydroxyl groups is 5. The van der Waals surface area contributed by atoms with Crippen molar-refractivity contribution in [1.82, 2.24) is 5.32 Å². The summed E-state index contributed by atoms with van der Waals surface area (Å²) in [5, 5.41) is 56.4. The summed E-state index contributed by atoms with van der Waals surface area (Å²) in [6.45, 7) is 5.68. The zero-order valence-corrected chi connectivity index (χ0v) is 41.3. The van der Waals surface area contributed by atoms with E-state index in [2.05, 4.69) is 50.4 Å². The average Bonchev–Trinajstić information content (AvgIpc) is 3.30. The van der Waals surface area contributed by atoms with Crippen LogP contribution in [0.3, 0.4) is 0 Å². The second kappa shape index (κ2) is 42.9. The van der Waals surface area contributed by atoms with E-state index in [1.165, 1.54) is 116 Å². The molecule has 1 amide bonds. The summed E-state index contributed by atoms with van der Waals surface area (Å²) >= 11 is 0. The molecule has 1 aliphatic rings. The number of allylic oxidation sites excluding steroid dienone is 6.